The number of aryl methyl sites for hydroxylation is 2. The number of aromatic nitrogens is 1. The number of amides is 1. The zero-order valence-corrected chi connectivity index (χ0v) is 20.3. The molecule has 11 heteroatoms. The number of benzene rings is 3. The van der Waals surface area contributed by atoms with Crippen molar-refractivity contribution in [1.29, 1.82) is 0 Å². The minimum Gasteiger partial charge on any atom is -0.319 e. The Morgan fingerprint density at radius 3 is 2.57 bits per heavy atom. The molecule has 0 bridgehead atoms. The number of sulfonamides is 1. The molecule has 0 atom stereocenters. The summed E-state index contributed by atoms with van der Waals surface area (Å²) < 4.78 is 30.4. The van der Waals surface area contributed by atoms with Crippen LogP contribution in [0.25, 0.3) is 10.2 Å². The maximum absolute atomic E-state index is 13.3. The number of non-ortho nitro benzene ring substituents is 1. The van der Waals surface area contributed by atoms with Crippen LogP contribution in [0.1, 0.15) is 22.3 Å². The molecule has 0 saturated carbocycles. The van der Waals surface area contributed by atoms with Gasteiger partial charge in [-0.2, -0.15) is 4.99 Å². The second-order valence-electron chi connectivity index (χ2n) is 8.10. The molecule has 0 N–H and O–H groups in total. The molecule has 0 fully saturated rings. The highest BCUT2D eigenvalue weighted by Crippen LogP contribution is 2.32. The van der Waals surface area contributed by atoms with E-state index in [9.17, 15) is 23.3 Å². The first kappa shape index (κ1) is 22.9. The Labute approximate surface area is 204 Å². The molecular weight excluding hydrogens is 488 g/mol. The quantitative estimate of drug-likeness (QED) is 0.305. The molecule has 4 aromatic rings. The number of para-hydroxylation sites is 1. The molecule has 1 aromatic heterocycles. The van der Waals surface area contributed by atoms with Crippen molar-refractivity contribution < 1.29 is 18.1 Å². The number of anilines is 1. The molecule has 0 aliphatic carbocycles. The largest absolute Gasteiger partial charge is 0.319 e. The van der Waals surface area contributed by atoms with Gasteiger partial charge in [0.05, 0.1) is 25.7 Å². The van der Waals surface area contributed by atoms with Crippen molar-refractivity contribution >= 4 is 48.9 Å². The summed E-state index contributed by atoms with van der Waals surface area (Å²) in [7, 11) is -2.05. The van der Waals surface area contributed by atoms with Gasteiger partial charge in [0.1, 0.15) is 0 Å². The zero-order valence-electron chi connectivity index (χ0n) is 18.6. The smallest absolute Gasteiger partial charge is 0.279 e. The Morgan fingerprint density at radius 1 is 1.09 bits per heavy atom. The number of hydrogen-bond donors (Lipinski definition) is 0. The molecule has 3 aromatic carbocycles. The summed E-state index contributed by atoms with van der Waals surface area (Å²) in [5.74, 6) is -0.533. The van der Waals surface area contributed by atoms with Crippen molar-refractivity contribution in [2.75, 3.05) is 10.8 Å². The fourth-order valence-corrected chi connectivity index (χ4v) is 6.73. The predicted octanol–water partition coefficient (Wildman–Crippen LogP) is 4.03. The molecule has 1 amide bonds. The average molecular weight is 509 g/mol. The van der Waals surface area contributed by atoms with Crippen molar-refractivity contribution in [3.63, 3.8) is 0 Å². The van der Waals surface area contributed by atoms with Crippen molar-refractivity contribution in [1.82, 2.24) is 4.57 Å². The number of fused-ring (bicyclic) bond motifs is 2. The molecule has 9 nitrogen and oxygen atoms in total. The van der Waals surface area contributed by atoms with E-state index in [4.69, 9.17) is 0 Å². The number of carbonyl (C=O) groups excluding carboxylic acids is 1. The van der Waals surface area contributed by atoms with Gasteiger partial charge in [-0.05, 0) is 54.8 Å². The summed E-state index contributed by atoms with van der Waals surface area (Å²) in [4.78, 5) is 28.0. The fourth-order valence-electron chi connectivity index (χ4n) is 4.14. The topological polar surface area (TPSA) is 115 Å². The third-order valence-electron chi connectivity index (χ3n) is 5.96. The number of nitrogens with zero attached hydrogens (tertiary/aromatic N) is 4. The molecular formula is C24H20N4O5S2. The van der Waals surface area contributed by atoms with Crippen molar-refractivity contribution in [2.45, 2.75) is 17.7 Å². The second-order valence-corrected chi connectivity index (χ2v) is 11.0. The highest BCUT2D eigenvalue weighted by Gasteiger charge is 2.29. The Hall–Kier alpha value is -3.83. The second kappa shape index (κ2) is 8.75. The van der Waals surface area contributed by atoms with Gasteiger partial charge in [0.2, 0.25) is 0 Å². The summed E-state index contributed by atoms with van der Waals surface area (Å²) in [5.41, 5.74) is 2.60. The molecule has 5 rings (SSSR count). The lowest BCUT2D eigenvalue weighted by atomic mass is 10.0. The highest BCUT2D eigenvalue weighted by atomic mass is 32.2. The number of hydrogen-bond acceptors (Lipinski definition) is 6. The van der Waals surface area contributed by atoms with Crippen LogP contribution in [0.5, 0.6) is 0 Å². The van der Waals surface area contributed by atoms with Crippen LogP contribution in [0.15, 0.2) is 76.6 Å². The van der Waals surface area contributed by atoms with E-state index in [0.717, 1.165) is 23.9 Å². The van der Waals surface area contributed by atoms with Gasteiger partial charge in [0.25, 0.3) is 21.6 Å². The third-order valence-corrected chi connectivity index (χ3v) is 8.88. The normalized spacial score (nSPS) is 14.2. The maximum Gasteiger partial charge on any atom is 0.279 e. The SMILES string of the molecule is Cn1c(=NC(=O)c2ccc(S(=O)(=O)N3CCCc4ccccc43)cc2)sc2cc([N+](=O)[O-])ccc21. The van der Waals surface area contributed by atoms with Crippen LogP contribution in [-0.4, -0.2) is 30.4 Å². The molecule has 2 heterocycles. The van der Waals surface area contributed by atoms with Crippen molar-refractivity contribution in [3.8, 4) is 0 Å². The Balaban J connectivity index is 1.44. The standard InChI is InChI=1S/C24H20N4O5S2/c1-26-21-13-10-18(28(30)31)15-22(21)34-24(26)25-23(29)17-8-11-19(12-9-17)35(32,33)27-14-4-6-16-5-2-3-7-20(16)27/h2-3,5,7-13,15H,4,6,14H2,1H3. The van der Waals surface area contributed by atoms with Crippen molar-refractivity contribution in [3.05, 3.63) is 92.8 Å². The fraction of sp³-hybridized carbons (Fsp3) is 0.167. The summed E-state index contributed by atoms with van der Waals surface area (Å²) in [6.45, 7) is 0.399. The van der Waals surface area contributed by atoms with Gasteiger partial charge in [-0.3, -0.25) is 19.2 Å². The van der Waals surface area contributed by atoms with E-state index < -0.39 is 20.9 Å². The predicted molar refractivity (Wildman–Crippen MR) is 133 cm³/mol. The van der Waals surface area contributed by atoms with E-state index in [1.807, 2.05) is 24.3 Å². The maximum atomic E-state index is 13.3. The summed E-state index contributed by atoms with van der Waals surface area (Å²) in [5, 5.41) is 11.0. The Bertz CT molecular complexity index is 1650. The van der Waals surface area contributed by atoms with E-state index in [2.05, 4.69) is 4.99 Å². The highest BCUT2D eigenvalue weighted by molar-refractivity contribution is 7.92. The lowest BCUT2D eigenvalue weighted by molar-refractivity contribution is -0.384. The molecule has 35 heavy (non-hydrogen) atoms. The van der Waals surface area contributed by atoms with E-state index in [0.29, 0.717) is 21.7 Å². The van der Waals surface area contributed by atoms with Gasteiger partial charge < -0.3 is 4.57 Å². The monoisotopic (exact) mass is 508 g/mol. The first-order valence-electron chi connectivity index (χ1n) is 10.8. The van der Waals surface area contributed by atoms with Crippen LogP contribution in [0.4, 0.5) is 11.4 Å². The van der Waals surface area contributed by atoms with Gasteiger partial charge in [-0.15, -0.1) is 0 Å². The van der Waals surface area contributed by atoms with E-state index in [1.54, 1.807) is 17.7 Å². The molecule has 178 valence electrons. The first-order valence-corrected chi connectivity index (χ1v) is 13.0. The molecule has 0 spiro atoms. The van der Waals surface area contributed by atoms with E-state index in [-0.39, 0.29) is 16.1 Å². The van der Waals surface area contributed by atoms with Gasteiger partial charge in [-0.1, -0.05) is 29.5 Å². The number of nitro benzene ring substituents is 1. The van der Waals surface area contributed by atoms with Crippen LogP contribution >= 0.6 is 11.3 Å². The van der Waals surface area contributed by atoms with Gasteiger partial charge in [-0.25, -0.2) is 8.42 Å². The summed E-state index contributed by atoms with van der Waals surface area (Å²) >= 11 is 1.17. The summed E-state index contributed by atoms with van der Waals surface area (Å²) in [6, 6.07) is 17.7. The molecule has 0 saturated heterocycles. The minimum atomic E-state index is -3.78. The Kier molecular flexibility index (Phi) is 5.73. The Morgan fingerprint density at radius 2 is 1.83 bits per heavy atom. The first-order chi connectivity index (χ1) is 16.8. The van der Waals surface area contributed by atoms with Crippen LogP contribution < -0.4 is 9.11 Å². The lowest BCUT2D eigenvalue weighted by Gasteiger charge is -2.30. The molecule has 1 aliphatic heterocycles. The molecule has 1 aliphatic rings. The summed E-state index contributed by atoms with van der Waals surface area (Å²) in [6.07, 6.45) is 1.57. The van der Waals surface area contributed by atoms with Gasteiger partial charge in [0, 0.05) is 31.3 Å². The molecule has 0 unspecified atom stereocenters. The van der Waals surface area contributed by atoms with Gasteiger partial charge >= 0.3 is 0 Å². The van der Waals surface area contributed by atoms with Crippen molar-refractivity contribution in [2.24, 2.45) is 12.0 Å². The number of rotatable bonds is 4. The van der Waals surface area contributed by atoms with Crippen LogP contribution in [0.3, 0.4) is 0 Å². The van der Waals surface area contributed by atoms with E-state index in [1.165, 1.54) is 52.0 Å². The number of thiazole rings is 1. The third kappa shape index (κ3) is 4.13. The molecule has 0 radical (unpaired) electrons. The minimum absolute atomic E-state index is 0.0367. The number of carbonyl (C=O) groups is 1. The average Bonchev–Trinajstić information content (AvgIpc) is 3.17. The van der Waals surface area contributed by atoms with Gasteiger partial charge in [0.15, 0.2) is 4.80 Å². The van der Waals surface area contributed by atoms with E-state index >= 15 is 0 Å². The lowest BCUT2D eigenvalue weighted by Crippen LogP contribution is -2.35. The van der Waals surface area contributed by atoms with Crippen LogP contribution in [-0.2, 0) is 23.5 Å². The number of nitro groups is 1. The van der Waals surface area contributed by atoms with Crippen LogP contribution in [0, 0.1) is 10.1 Å². The van der Waals surface area contributed by atoms with Crippen LogP contribution in [0.2, 0.25) is 0 Å². The zero-order chi connectivity index (χ0) is 24.7.